The predicted octanol–water partition coefficient (Wildman–Crippen LogP) is 3.69. The Balaban J connectivity index is 1.71. The molecule has 1 saturated carbocycles. The summed E-state index contributed by atoms with van der Waals surface area (Å²) in [6.45, 7) is 4.66. The van der Waals surface area contributed by atoms with Crippen LogP contribution in [-0.2, 0) is 6.54 Å². The van der Waals surface area contributed by atoms with Crippen LogP contribution in [0, 0.1) is 10.1 Å². The van der Waals surface area contributed by atoms with Crippen molar-refractivity contribution in [1.82, 2.24) is 9.97 Å². The normalized spacial score (nSPS) is 13.8. The summed E-state index contributed by atoms with van der Waals surface area (Å²) in [5, 5.41) is 17.2. The molecule has 1 aliphatic rings. The molecule has 7 nitrogen and oxygen atoms in total. The zero-order chi connectivity index (χ0) is 17.1. The van der Waals surface area contributed by atoms with E-state index in [1.807, 2.05) is 6.07 Å². The van der Waals surface area contributed by atoms with Crippen molar-refractivity contribution < 1.29 is 4.92 Å². The van der Waals surface area contributed by atoms with Gasteiger partial charge in [0.2, 0.25) is 5.95 Å². The molecule has 2 N–H and O–H groups in total. The highest BCUT2D eigenvalue weighted by atomic mass is 16.6. The second-order valence-electron chi connectivity index (χ2n) is 6.35. The van der Waals surface area contributed by atoms with Gasteiger partial charge in [-0.1, -0.05) is 12.1 Å². The summed E-state index contributed by atoms with van der Waals surface area (Å²) in [6.07, 6.45) is 2.36. The Morgan fingerprint density at radius 1 is 1.25 bits per heavy atom. The van der Waals surface area contributed by atoms with Gasteiger partial charge in [-0.05, 0) is 32.3 Å². The first-order chi connectivity index (χ1) is 11.5. The van der Waals surface area contributed by atoms with Gasteiger partial charge in [-0.3, -0.25) is 10.1 Å². The Morgan fingerprint density at radius 3 is 2.54 bits per heavy atom. The third-order valence-corrected chi connectivity index (χ3v) is 3.78. The molecule has 1 aliphatic carbocycles. The van der Waals surface area contributed by atoms with Crippen molar-refractivity contribution in [1.29, 1.82) is 0 Å². The van der Waals surface area contributed by atoms with Gasteiger partial charge in [0.15, 0.2) is 0 Å². The summed E-state index contributed by atoms with van der Waals surface area (Å²) < 4.78 is 0. The van der Waals surface area contributed by atoms with Crippen LogP contribution in [0.2, 0.25) is 0 Å². The van der Waals surface area contributed by atoms with Crippen LogP contribution in [0.15, 0.2) is 30.3 Å². The fourth-order valence-electron chi connectivity index (χ4n) is 2.40. The van der Waals surface area contributed by atoms with Crippen LogP contribution in [0.5, 0.6) is 0 Å². The lowest BCUT2D eigenvalue weighted by molar-refractivity contribution is -0.384. The fourth-order valence-corrected chi connectivity index (χ4v) is 2.40. The van der Waals surface area contributed by atoms with E-state index >= 15 is 0 Å². The number of hydrogen-bond donors (Lipinski definition) is 2. The molecular weight excluding hydrogens is 306 g/mol. The monoisotopic (exact) mass is 327 g/mol. The fraction of sp³-hybridized carbons (Fsp3) is 0.412. The Labute approximate surface area is 140 Å². The van der Waals surface area contributed by atoms with Crippen molar-refractivity contribution in [3.63, 3.8) is 0 Å². The minimum atomic E-state index is -0.395. The zero-order valence-electron chi connectivity index (χ0n) is 13.8. The predicted molar refractivity (Wildman–Crippen MR) is 93.2 cm³/mol. The van der Waals surface area contributed by atoms with Crippen LogP contribution in [0.25, 0.3) is 0 Å². The van der Waals surface area contributed by atoms with Gasteiger partial charge in [0.1, 0.15) is 5.82 Å². The molecule has 24 heavy (non-hydrogen) atoms. The maximum atomic E-state index is 10.7. The van der Waals surface area contributed by atoms with Crippen molar-refractivity contribution in [2.45, 2.75) is 45.2 Å². The van der Waals surface area contributed by atoms with Crippen molar-refractivity contribution in [3.8, 4) is 0 Å². The van der Waals surface area contributed by atoms with Gasteiger partial charge in [0.05, 0.1) is 10.6 Å². The molecule has 1 heterocycles. The maximum absolute atomic E-state index is 10.7. The molecule has 0 unspecified atom stereocenters. The van der Waals surface area contributed by atoms with Crippen molar-refractivity contribution in [2.75, 3.05) is 10.6 Å². The molecule has 1 fully saturated rings. The van der Waals surface area contributed by atoms with Crippen molar-refractivity contribution >= 4 is 17.5 Å². The van der Waals surface area contributed by atoms with E-state index in [4.69, 9.17) is 0 Å². The number of hydrogen-bond acceptors (Lipinski definition) is 6. The van der Waals surface area contributed by atoms with E-state index in [1.54, 1.807) is 12.1 Å². The third-order valence-electron chi connectivity index (χ3n) is 3.78. The molecule has 0 saturated heterocycles. The number of anilines is 2. The molecule has 1 aromatic heterocycles. The summed E-state index contributed by atoms with van der Waals surface area (Å²) >= 11 is 0. The van der Waals surface area contributed by atoms with Gasteiger partial charge < -0.3 is 10.6 Å². The maximum Gasteiger partial charge on any atom is 0.269 e. The number of nitrogens with zero attached hydrogens (tertiary/aromatic N) is 3. The minimum absolute atomic E-state index is 0.0974. The molecule has 0 amide bonds. The summed E-state index contributed by atoms with van der Waals surface area (Å²) in [5.41, 5.74) is 2.13. The van der Waals surface area contributed by atoms with Crippen LogP contribution in [0.4, 0.5) is 17.5 Å². The Bertz CT molecular complexity index is 726. The van der Waals surface area contributed by atoms with E-state index in [1.165, 1.54) is 25.0 Å². The van der Waals surface area contributed by atoms with E-state index in [0.717, 1.165) is 17.1 Å². The molecule has 0 spiro atoms. The summed E-state index contributed by atoms with van der Waals surface area (Å²) in [5.74, 6) is 1.95. The van der Waals surface area contributed by atoms with Gasteiger partial charge >= 0.3 is 0 Å². The summed E-state index contributed by atoms with van der Waals surface area (Å²) in [4.78, 5) is 19.4. The number of nitro groups is 1. The van der Waals surface area contributed by atoms with Gasteiger partial charge in [0, 0.05) is 36.7 Å². The van der Waals surface area contributed by atoms with E-state index < -0.39 is 4.92 Å². The molecule has 0 radical (unpaired) electrons. The van der Waals surface area contributed by atoms with Crippen LogP contribution in [0.1, 0.15) is 43.9 Å². The highest BCUT2D eigenvalue weighted by Gasteiger charge is 2.26. The van der Waals surface area contributed by atoms with Crippen LogP contribution >= 0.6 is 0 Å². The summed E-state index contributed by atoms with van der Waals surface area (Å²) in [7, 11) is 0. The quantitative estimate of drug-likeness (QED) is 0.595. The van der Waals surface area contributed by atoms with E-state index in [0.29, 0.717) is 18.4 Å². The second-order valence-corrected chi connectivity index (χ2v) is 6.35. The van der Waals surface area contributed by atoms with Crippen molar-refractivity contribution in [2.24, 2.45) is 0 Å². The topological polar surface area (TPSA) is 93.0 Å². The molecule has 2 aromatic rings. The first kappa shape index (κ1) is 16.2. The first-order valence-corrected chi connectivity index (χ1v) is 8.14. The SMILES string of the molecule is CC(C)Nc1nc(NCc2ccc([N+](=O)[O-])cc2)cc(C2CC2)n1. The van der Waals surface area contributed by atoms with Gasteiger partial charge in [0.25, 0.3) is 5.69 Å². The largest absolute Gasteiger partial charge is 0.366 e. The Morgan fingerprint density at radius 2 is 1.96 bits per heavy atom. The molecule has 0 bridgehead atoms. The molecule has 0 aliphatic heterocycles. The van der Waals surface area contributed by atoms with Crippen LogP contribution in [-0.4, -0.2) is 20.9 Å². The lowest BCUT2D eigenvalue weighted by Crippen LogP contribution is -2.14. The van der Waals surface area contributed by atoms with E-state index in [2.05, 4.69) is 34.4 Å². The number of nitro benzene ring substituents is 1. The highest BCUT2D eigenvalue weighted by molar-refractivity contribution is 5.45. The van der Waals surface area contributed by atoms with Crippen LogP contribution < -0.4 is 10.6 Å². The third kappa shape index (κ3) is 4.18. The molecule has 7 heteroatoms. The van der Waals surface area contributed by atoms with Crippen molar-refractivity contribution in [3.05, 3.63) is 51.7 Å². The zero-order valence-corrected chi connectivity index (χ0v) is 13.8. The first-order valence-electron chi connectivity index (χ1n) is 8.14. The molecule has 0 atom stereocenters. The molecule has 126 valence electrons. The number of nitrogens with one attached hydrogen (secondary N) is 2. The standard InChI is InChI=1S/C17H21N5O2/c1-11(2)19-17-20-15(13-5-6-13)9-16(21-17)18-10-12-3-7-14(8-4-12)22(23)24/h3-4,7-9,11,13H,5-6,10H2,1-2H3,(H2,18,19,20,21). The Hall–Kier alpha value is -2.70. The number of rotatable bonds is 7. The number of benzene rings is 1. The number of aromatic nitrogens is 2. The highest BCUT2D eigenvalue weighted by Crippen LogP contribution is 2.39. The van der Waals surface area contributed by atoms with Gasteiger partial charge in [-0.15, -0.1) is 0 Å². The molecule has 1 aromatic carbocycles. The van der Waals surface area contributed by atoms with E-state index in [9.17, 15) is 10.1 Å². The Kier molecular flexibility index (Phi) is 4.59. The van der Waals surface area contributed by atoms with Gasteiger partial charge in [-0.25, -0.2) is 4.98 Å². The smallest absolute Gasteiger partial charge is 0.269 e. The van der Waals surface area contributed by atoms with E-state index in [-0.39, 0.29) is 11.7 Å². The molecular formula is C17H21N5O2. The lowest BCUT2D eigenvalue weighted by Gasteiger charge is -2.13. The average Bonchev–Trinajstić information content (AvgIpc) is 3.37. The summed E-state index contributed by atoms with van der Waals surface area (Å²) in [6, 6.07) is 8.79. The number of non-ortho nitro benzene ring substituents is 1. The lowest BCUT2D eigenvalue weighted by atomic mass is 10.2. The molecule has 3 rings (SSSR count). The van der Waals surface area contributed by atoms with Crippen LogP contribution in [0.3, 0.4) is 0 Å². The average molecular weight is 327 g/mol. The minimum Gasteiger partial charge on any atom is -0.366 e. The van der Waals surface area contributed by atoms with Gasteiger partial charge in [-0.2, -0.15) is 4.98 Å². The second kappa shape index (κ2) is 6.82.